The largest absolute Gasteiger partial charge is 0.466 e. The number of fused-ring (bicyclic) bond motifs is 1. The van der Waals surface area contributed by atoms with Crippen molar-refractivity contribution in [1.29, 1.82) is 0 Å². The molecule has 0 atom stereocenters. The lowest BCUT2D eigenvalue weighted by Crippen LogP contribution is -2.15. The number of nitrogens with one attached hydrogen (secondary N) is 2. The monoisotopic (exact) mass is 308 g/mol. The second-order valence-electron chi connectivity index (χ2n) is 4.91. The zero-order valence-electron chi connectivity index (χ0n) is 11.6. The first-order chi connectivity index (χ1) is 10.1. The molecule has 21 heavy (non-hydrogen) atoms. The Hall–Kier alpha value is -2.09. The normalized spacial score (nSPS) is 14.5. The first-order valence-electron chi connectivity index (χ1n) is 6.69. The maximum absolute atomic E-state index is 12.3. The van der Waals surface area contributed by atoms with Gasteiger partial charge in [0.05, 0.1) is 12.0 Å². The molecule has 0 spiro atoms. The molecule has 0 fully saturated rings. The minimum atomic E-state index is -3.68. The summed E-state index contributed by atoms with van der Waals surface area (Å²) in [5.41, 5.74) is 2.35. The number of aryl methyl sites for hydroxylation is 2. The lowest BCUT2D eigenvalue weighted by atomic mass is 9.92. The van der Waals surface area contributed by atoms with Crippen LogP contribution in [-0.4, -0.2) is 30.7 Å². The third-order valence-corrected chi connectivity index (χ3v) is 4.85. The number of hydrogen-bond acceptors (Lipinski definition) is 5. The topological polar surface area (TPSA) is 97.0 Å². The van der Waals surface area contributed by atoms with Crippen LogP contribution in [0.2, 0.25) is 0 Å². The van der Waals surface area contributed by atoms with Gasteiger partial charge in [-0.25, -0.2) is 18.2 Å². The molecule has 0 amide bonds. The van der Waals surface area contributed by atoms with E-state index in [1.807, 2.05) is 6.07 Å². The van der Waals surface area contributed by atoms with Crippen LogP contribution in [-0.2, 0) is 22.9 Å². The SMILES string of the molecule is COc1n[nH]c(NS(=O)(=O)c2ccc3c(c2)CCCC3)n1. The number of aromatic amines is 1. The molecule has 8 heteroatoms. The van der Waals surface area contributed by atoms with Crippen LogP contribution in [0, 0.1) is 0 Å². The van der Waals surface area contributed by atoms with Gasteiger partial charge in [-0.1, -0.05) is 6.07 Å². The Morgan fingerprint density at radius 2 is 2.00 bits per heavy atom. The molecule has 2 N–H and O–H groups in total. The van der Waals surface area contributed by atoms with E-state index >= 15 is 0 Å². The Morgan fingerprint density at radius 3 is 2.71 bits per heavy atom. The number of anilines is 1. The molecule has 1 aliphatic rings. The van der Waals surface area contributed by atoms with E-state index in [9.17, 15) is 8.42 Å². The average Bonchev–Trinajstić information content (AvgIpc) is 2.93. The van der Waals surface area contributed by atoms with Gasteiger partial charge in [0.1, 0.15) is 0 Å². The van der Waals surface area contributed by atoms with Crippen molar-refractivity contribution in [3.05, 3.63) is 29.3 Å². The number of benzene rings is 1. The number of hydrogen-bond donors (Lipinski definition) is 2. The fraction of sp³-hybridized carbons (Fsp3) is 0.385. The minimum absolute atomic E-state index is 0.0320. The molecule has 0 bridgehead atoms. The predicted octanol–water partition coefficient (Wildman–Crippen LogP) is 1.49. The summed E-state index contributed by atoms with van der Waals surface area (Å²) in [5.74, 6) is 0.0320. The number of methoxy groups -OCH3 is 1. The van der Waals surface area contributed by atoms with Crippen molar-refractivity contribution in [2.75, 3.05) is 11.8 Å². The Kier molecular flexibility index (Phi) is 3.54. The fourth-order valence-electron chi connectivity index (χ4n) is 2.45. The molecule has 1 aromatic carbocycles. The molecular weight excluding hydrogens is 292 g/mol. The van der Waals surface area contributed by atoms with Crippen molar-refractivity contribution in [3.63, 3.8) is 0 Å². The Balaban J connectivity index is 1.87. The van der Waals surface area contributed by atoms with Gasteiger partial charge in [0.2, 0.25) is 5.95 Å². The highest BCUT2D eigenvalue weighted by molar-refractivity contribution is 7.92. The van der Waals surface area contributed by atoms with Gasteiger partial charge in [0.15, 0.2) is 0 Å². The fourth-order valence-corrected chi connectivity index (χ4v) is 3.45. The summed E-state index contributed by atoms with van der Waals surface area (Å²) in [6, 6.07) is 5.34. The average molecular weight is 308 g/mol. The van der Waals surface area contributed by atoms with E-state index in [1.165, 1.54) is 12.7 Å². The molecule has 0 unspecified atom stereocenters. The molecule has 0 radical (unpaired) electrons. The lowest BCUT2D eigenvalue weighted by molar-refractivity contribution is 0.382. The highest BCUT2D eigenvalue weighted by Crippen LogP contribution is 2.24. The van der Waals surface area contributed by atoms with Gasteiger partial charge in [-0.3, -0.25) is 0 Å². The summed E-state index contributed by atoms with van der Waals surface area (Å²) < 4.78 is 31.9. The van der Waals surface area contributed by atoms with E-state index in [1.54, 1.807) is 12.1 Å². The Morgan fingerprint density at radius 1 is 1.24 bits per heavy atom. The van der Waals surface area contributed by atoms with Crippen LogP contribution < -0.4 is 9.46 Å². The number of sulfonamides is 1. The van der Waals surface area contributed by atoms with Gasteiger partial charge >= 0.3 is 6.01 Å². The second kappa shape index (κ2) is 5.36. The number of aromatic nitrogens is 3. The summed E-state index contributed by atoms with van der Waals surface area (Å²) in [4.78, 5) is 4.08. The van der Waals surface area contributed by atoms with Crippen LogP contribution in [0.1, 0.15) is 24.0 Å². The first-order valence-corrected chi connectivity index (χ1v) is 8.18. The van der Waals surface area contributed by atoms with E-state index in [2.05, 4.69) is 19.9 Å². The third kappa shape index (κ3) is 2.85. The highest BCUT2D eigenvalue weighted by Gasteiger charge is 2.19. The van der Waals surface area contributed by atoms with Gasteiger partial charge in [-0.2, -0.15) is 4.98 Å². The predicted molar refractivity (Wildman–Crippen MR) is 76.8 cm³/mol. The molecule has 3 rings (SSSR count). The minimum Gasteiger partial charge on any atom is -0.466 e. The van der Waals surface area contributed by atoms with Crippen LogP contribution >= 0.6 is 0 Å². The van der Waals surface area contributed by atoms with E-state index in [4.69, 9.17) is 4.74 Å². The summed E-state index contributed by atoms with van der Waals surface area (Å²) in [5, 5.41) is 6.17. The third-order valence-electron chi connectivity index (χ3n) is 3.51. The van der Waals surface area contributed by atoms with Crippen molar-refractivity contribution in [1.82, 2.24) is 15.2 Å². The van der Waals surface area contributed by atoms with Crippen LogP contribution in [0.25, 0.3) is 0 Å². The van der Waals surface area contributed by atoms with Crippen molar-refractivity contribution in [2.24, 2.45) is 0 Å². The quantitative estimate of drug-likeness (QED) is 0.892. The van der Waals surface area contributed by atoms with E-state index in [-0.39, 0.29) is 16.9 Å². The van der Waals surface area contributed by atoms with Crippen LogP contribution in [0.4, 0.5) is 5.95 Å². The van der Waals surface area contributed by atoms with Gasteiger partial charge in [0.25, 0.3) is 10.0 Å². The molecular formula is C13H16N4O3S. The van der Waals surface area contributed by atoms with Crippen molar-refractivity contribution >= 4 is 16.0 Å². The molecule has 1 aliphatic carbocycles. The van der Waals surface area contributed by atoms with Gasteiger partial charge in [-0.05, 0) is 48.9 Å². The Bertz CT molecular complexity index is 755. The van der Waals surface area contributed by atoms with Crippen molar-refractivity contribution in [2.45, 2.75) is 30.6 Å². The molecule has 1 aromatic heterocycles. The number of H-pyrrole nitrogens is 1. The Labute approximate surface area is 122 Å². The summed E-state index contributed by atoms with van der Waals surface area (Å²) in [7, 11) is -2.27. The zero-order chi connectivity index (χ0) is 14.9. The van der Waals surface area contributed by atoms with Gasteiger partial charge in [0, 0.05) is 0 Å². The highest BCUT2D eigenvalue weighted by atomic mass is 32.2. The van der Waals surface area contributed by atoms with Crippen LogP contribution in [0.15, 0.2) is 23.1 Å². The molecule has 0 aliphatic heterocycles. The smallest absolute Gasteiger partial charge is 0.336 e. The van der Waals surface area contributed by atoms with Crippen molar-refractivity contribution in [3.8, 4) is 6.01 Å². The summed E-state index contributed by atoms with van der Waals surface area (Å²) in [6.07, 6.45) is 4.20. The zero-order valence-corrected chi connectivity index (χ0v) is 12.4. The number of rotatable bonds is 4. The number of nitrogens with zero attached hydrogens (tertiary/aromatic N) is 2. The maximum Gasteiger partial charge on any atom is 0.336 e. The van der Waals surface area contributed by atoms with Gasteiger partial charge < -0.3 is 4.74 Å². The summed E-state index contributed by atoms with van der Waals surface area (Å²) in [6.45, 7) is 0. The molecule has 0 saturated carbocycles. The van der Waals surface area contributed by atoms with E-state index in [0.717, 1.165) is 31.2 Å². The molecule has 1 heterocycles. The maximum atomic E-state index is 12.3. The van der Waals surface area contributed by atoms with Crippen LogP contribution in [0.5, 0.6) is 6.01 Å². The summed E-state index contributed by atoms with van der Waals surface area (Å²) >= 11 is 0. The second-order valence-corrected chi connectivity index (χ2v) is 6.60. The first kappa shape index (κ1) is 13.9. The molecule has 0 saturated heterocycles. The number of ether oxygens (including phenoxy) is 1. The molecule has 7 nitrogen and oxygen atoms in total. The molecule has 112 valence electrons. The molecule has 2 aromatic rings. The standard InChI is InChI=1S/C13H16N4O3S/c1-20-13-14-12(15-16-13)17-21(18,19)11-7-6-9-4-2-3-5-10(9)8-11/h6-8H,2-5H2,1H3,(H2,14,15,16,17). The van der Waals surface area contributed by atoms with E-state index < -0.39 is 10.0 Å². The van der Waals surface area contributed by atoms with Gasteiger partial charge in [-0.15, -0.1) is 5.10 Å². The lowest BCUT2D eigenvalue weighted by Gasteiger charge is -2.16. The van der Waals surface area contributed by atoms with E-state index in [0.29, 0.717) is 0 Å². The van der Waals surface area contributed by atoms with Crippen molar-refractivity contribution < 1.29 is 13.2 Å². The van der Waals surface area contributed by atoms with Crippen LogP contribution in [0.3, 0.4) is 0 Å².